The van der Waals surface area contributed by atoms with E-state index < -0.39 is 0 Å². The van der Waals surface area contributed by atoms with Crippen LogP contribution < -0.4 is 10.6 Å². The summed E-state index contributed by atoms with van der Waals surface area (Å²) < 4.78 is 0. The van der Waals surface area contributed by atoms with Crippen molar-refractivity contribution in [2.45, 2.75) is 26.2 Å². The van der Waals surface area contributed by atoms with Gasteiger partial charge in [-0.3, -0.25) is 4.79 Å². The first-order valence-electron chi connectivity index (χ1n) is 8.53. The molecule has 2 aliphatic rings. The summed E-state index contributed by atoms with van der Waals surface area (Å²) in [5.41, 5.74) is 4.36. The molecule has 1 spiro atoms. The zero-order chi connectivity index (χ0) is 16.6. The van der Waals surface area contributed by atoms with E-state index in [9.17, 15) is 4.79 Å². The molecular formula is C19H22N4O. The van der Waals surface area contributed by atoms with Crippen molar-refractivity contribution >= 4 is 11.6 Å². The largest absolute Gasteiger partial charge is 0.326 e. The molecule has 1 aromatic heterocycles. The van der Waals surface area contributed by atoms with Gasteiger partial charge in [0.25, 0.3) is 0 Å². The maximum Gasteiger partial charge on any atom is 0.221 e. The Balaban J connectivity index is 1.37. The lowest BCUT2D eigenvalue weighted by atomic mass is 9.57. The Labute approximate surface area is 141 Å². The van der Waals surface area contributed by atoms with Crippen molar-refractivity contribution in [3.05, 3.63) is 42.1 Å². The van der Waals surface area contributed by atoms with Gasteiger partial charge in [-0.05, 0) is 54.9 Å². The maximum atomic E-state index is 11.0. The van der Waals surface area contributed by atoms with E-state index in [0.717, 1.165) is 35.0 Å². The van der Waals surface area contributed by atoms with E-state index >= 15 is 0 Å². The number of rotatable bonds is 4. The van der Waals surface area contributed by atoms with Crippen LogP contribution in [-0.4, -0.2) is 29.2 Å². The van der Waals surface area contributed by atoms with Gasteiger partial charge in [-0.2, -0.15) is 10.2 Å². The van der Waals surface area contributed by atoms with Crippen molar-refractivity contribution in [2.75, 3.05) is 18.4 Å². The van der Waals surface area contributed by atoms with Crippen LogP contribution in [0.3, 0.4) is 0 Å². The zero-order valence-electron chi connectivity index (χ0n) is 13.9. The molecule has 2 N–H and O–H groups in total. The molecule has 1 saturated heterocycles. The third-order valence-corrected chi connectivity index (χ3v) is 5.16. The average Bonchev–Trinajstić information content (AvgIpc) is 2.49. The smallest absolute Gasteiger partial charge is 0.221 e. The van der Waals surface area contributed by atoms with Crippen LogP contribution in [0, 0.1) is 11.3 Å². The number of anilines is 1. The van der Waals surface area contributed by atoms with Crippen LogP contribution in [-0.2, 0) is 11.2 Å². The van der Waals surface area contributed by atoms with Gasteiger partial charge in [-0.25, -0.2) is 0 Å². The molecule has 5 nitrogen and oxygen atoms in total. The summed E-state index contributed by atoms with van der Waals surface area (Å²) in [5.74, 6) is 0.700. The minimum Gasteiger partial charge on any atom is -0.326 e. The van der Waals surface area contributed by atoms with E-state index in [0.29, 0.717) is 5.41 Å². The monoisotopic (exact) mass is 322 g/mol. The van der Waals surface area contributed by atoms with Gasteiger partial charge in [-0.15, -0.1) is 0 Å². The third-order valence-electron chi connectivity index (χ3n) is 5.16. The number of nitrogens with one attached hydrogen (secondary N) is 2. The first-order valence-corrected chi connectivity index (χ1v) is 8.53. The number of amides is 1. The molecule has 2 aromatic rings. The van der Waals surface area contributed by atoms with Gasteiger partial charge < -0.3 is 10.6 Å². The van der Waals surface area contributed by atoms with Gasteiger partial charge >= 0.3 is 0 Å². The quantitative estimate of drug-likeness (QED) is 0.908. The van der Waals surface area contributed by atoms with E-state index in [2.05, 4.69) is 26.9 Å². The van der Waals surface area contributed by atoms with E-state index in [4.69, 9.17) is 0 Å². The van der Waals surface area contributed by atoms with E-state index in [1.54, 1.807) is 0 Å². The molecule has 2 fully saturated rings. The second kappa shape index (κ2) is 5.98. The van der Waals surface area contributed by atoms with Crippen molar-refractivity contribution in [2.24, 2.45) is 11.3 Å². The Morgan fingerprint density at radius 1 is 1.17 bits per heavy atom. The molecule has 0 atom stereocenters. The number of aromatic nitrogens is 2. The first kappa shape index (κ1) is 15.3. The van der Waals surface area contributed by atoms with Crippen molar-refractivity contribution in [3.63, 3.8) is 0 Å². The minimum atomic E-state index is -0.0673. The van der Waals surface area contributed by atoms with E-state index in [-0.39, 0.29) is 5.91 Å². The second-order valence-electron chi connectivity index (χ2n) is 7.25. The molecule has 1 aromatic carbocycles. The lowest BCUT2D eigenvalue weighted by Crippen LogP contribution is -2.60. The molecule has 0 unspecified atom stereocenters. The van der Waals surface area contributed by atoms with Crippen LogP contribution in [0.15, 0.2) is 36.4 Å². The van der Waals surface area contributed by atoms with Crippen molar-refractivity contribution in [1.29, 1.82) is 0 Å². The summed E-state index contributed by atoms with van der Waals surface area (Å²) in [6.07, 6.45) is 3.69. The number of hydrogen-bond donors (Lipinski definition) is 2. The molecule has 1 amide bonds. The third kappa shape index (κ3) is 3.04. The summed E-state index contributed by atoms with van der Waals surface area (Å²) >= 11 is 0. The molecule has 2 heterocycles. The maximum absolute atomic E-state index is 11.0. The molecule has 1 saturated carbocycles. The first-order chi connectivity index (χ1) is 11.6. The lowest BCUT2D eigenvalue weighted by molar-refractivity contribution is -0.114. The predicted molar refractivity (Wildman–Crippen MR) is 93.5 cm³/mol. The number of hydrogen-bond acceptors (Lipinski definition) is 4. The summed E-state index contributed by atoms with van der Waals surface area (Å²) in [5, 5.41) is 14.9. The van der Waals surface area contributed by atoms with Crippen LogP contribution >= 0.6 is 0 Å². The van der Waals surface area contributed by atoms with Crippen molar-refractivity contribution in [1.82, 2.24) is 15.5 Å². The summed E-state index contributed by atoms with van der Waals surface area (Å²) in [6.45, 7) is 3.90. The van der Waals surface area contributed by atoms with Gasteiger partial charge in [0.15, 0.2) is 0 Å². The Hall–Kier alpha value is -2.27. The highest BCUT2D eigenvalue weighted by Gasteiger charge is 2.48. The SMILES string of the molecule is CC(=O)Nc1ccc(-c2ccc(CC3CC4(CNC4)C3)nn2)cc1. The van der Waals surface area contributed by atoms with Gasteiger partial charge in [0, 0.05) is 31.3 Å². The lowest BCUT2D eigenvalue weighted by Gasteiger charge is -2.54. The highest BCUT2D eigenvalue weighted by Crippen LogP contribution is 2.49. The summed E-state index contributed by atoms with van der Waals surface area (Å²) in [6, 6.07) is 11.8. The molecule has 124 valence electrons. The summed E-state index contributed by atoms with van der Waals surface area (Å²) in [4.78, 5) is 11.0. The van der Waals surface area contributed by atoms with E-state index in [1.807, 2.05) is 30.3 Å². The fourth-order valence-electron chi connectivity index (χ4n) is 3.92. The topological polar surface area (TPSA) is 66.9 Å². The highest BCUT2D eigenvalue weighted by molar-refractivity contribution is 5.88. The van der Waals surface area contributed by atoms with Crippen molar-refractivity contribution in [3.8, 4) is 11.3 Å². The van der Waals surface area contributed by atoms with Crippen molar-refractivity contribution < 1.29 is 4.79 Å². The van der Waals surface area contributed by atoms with Crippen LogP contribution in [0.1, 0.15) is 25.5 Å². The Kier molecular flexibility index (Phi) is 3.81. The minimum absolute atomic E-state index is 0.0673. The Morgan fingerprint density at radius 3 is 2.46 bits per heavy atom. The Morgan fingerprint density at radius 2 is 1.92 bits per heavy atom. The standard InChI is InChI=1S/C19H22N4O/c1-13(24)21-16-4-2-15(3-5-16)18-7-6-17(22-23-18)8-14-9-19(10-14)11-20-12-19/h2-7,14,20H,8-12H2,1H3,(H,21,24). The molecule has 1 aliphatic heterocycles. The van der Waals surface area contributed by atoms with E-state index in [1.165, 1.54) is 32.9 Å². The second-order valence-corrected chi connectivity index (χ2v) is 7.25. The molecule has 0 radical (unpaired) electrons. The zero-order valence-corrected chi connectivity index (χ0v) is 13.9. The van der Waals surface area contributed by atoms with Crippen LogP contribution in [0.5, 0.6) is 0 Å². The molecule has 24 heavy (non-hydrogen) atoms. The summed E-state index contributed by atoms with van der Waals surface area (Å²) in [7, 11) is 0. The highest BCUT2D eigenvalue weighted by atomic mass is 16.1. The fraction of sp³-hybridized carbons (Fsp3) is 0.421. The van der Waals surface area contributed by atoms with Crippen LogP contribution in [0.2, 0.25) is 0 Å². The molecule has 0 bridgehead atoms. The number of benzene rings is 1. The predicted octanol–water partition coefficient (Wildman–Crippen LogP) is 2.64. The normalized spacial score (nSPS) is 18.7. The molecule has 4 rings (SSSR count). The average molecular weight is 322 g/mol. The van der Waals surface area contributed by atoms with Gasteiger partial charge in [0.2, 0.25) is 5.91 Å². The van der Waals surface area contributed by atoms with Gasteiger partial charge in [0.05, 0.1) is 11.4 Å². The molecule has 1 aliphatic carbocycles. The van der Waals surface area contributed by atoms with Gasteiger partial charge in [0.1, 0.15) is 0 Å². The Bertz CT molecular complexity index is 727. The molecular weight excluding hydrogens is 300 g/mol. The van der Waals surface area contributed by atoms with Crippen LogP contribution in [0.25, 0.3) is 11.3 Å². The molecule has 5 heteroatoms. The fourth-order valence-corrected chi connectivity index (χ4v) is 3.92. The number of carbonyl (C=O) groups excluding carboxylic acids is 1. The van der Waals surface area contributed by atoms with Gasteiger partial charge in [-0.1, -0.05) is 12.1 Å². The number of carbonyl (C=O) groups is 1. The number of nitrogens with zero attached hydrogens (tertiary/aromatic N) is 2. The van der Waals surface area contributed by atoms with Crippen LogP contribution in [0.4, 0.5) is 5.69 Å².